The molecular formula is C15H14F3N3O3. The predicted octanol–water partition coefficient (Wildman–Crippen LogP) is 1.36. The normalized spacial score (nSPS) is 19.2. The quantitative estimate of drug-likeness (QED) is 0.615. The molecule has 0 aromatic heterocycles. The van der Waals surface area contributed by atoms with Crippen LogP contribution in [-0.2, 0) is 22.6 Å². The molecular weight excluding hydrogens is 327 g/mol. The fourth-order valence-corrected chi connectivity index (χ4v) is 2.87. The van der Waals surface area contributed by atoms with Crippen LogP contribution < -0.4 is 0 Å². The van der Waals surface area contributed by atoms with Gasteiger partial charge in [-0.25, -0.2) is 14.6 Å². The lowest BCUT2D eigenvalue weighted by molar-refractivity contribution is -0.156. The largest absolute Gasteiger partial charge is 0.406 e. The third kappa shape index (κ3) is 3.12. The lowest BCUT2D eigenvalue weighted by atomic mass is 10.0. The highest BCUT2D eigenvalue weighted by atomic mass is 19.4. The summed E-state index contributed by atoms with van der Waals surface area (Å²) in [5.74, 6) is -2.65. The van der Waals surface area contributed by atoms with Gasteiger partial charge in [-0.05, 0) is 17.5 Å². The van der Waals surface area contributed by atoms with Crippen molar-refractivity contribution in [2.45, 2.75) is 19.1 Å². The van der Waals surface area contributed by atoms with Crippen molar-refractivity contribution in [3.63, 3.8) is 0 Å². The maximum Gasteiger partial charge on any atom is 0.406 e. The Morgan fingerprint density at radius 3 is 2.25 bits per heavy atom. The molecule has 0 atom stereocenters. The Morgan fingerprint density at radius 1 is 0.958 bits per heavy atom. The molecule has 0 radical (unpaired) electrons. The lowest BCUT2D eigenvalue weighted by Gasteiger charge is -2.30. The molecule has 0 N–H and O–H groups in total. The Hall–Kier alpha value is -2.42. The third-order valence-corrected chi connectivity index (χ3v) is 4.02. The van der Waals surface area contributed by atoms with Crippen LogP contribution in [0.5, 0.6) is 0 Å². The number of benzene rings is 1. The van der Waals surface area contributed by atoms with Crippen LogP contribution in [0, 0.1) is 0 Å². The van der Waals surface area contributed by atoms with Crippen LogP contribution in [0.1, 0.15) is 11.1 Å². The van der Waals surface area contributed by atoms with Gasteiger partial charge in [-0.15, -0.1) is 0 Å². The minimum atomic E-state index is -4.74. The summed E-state index contributed by atoms with van der Waals surface area (Å²) in [7, 11) is 0. The molecule has 9 heteroatoms. The fraction of sp³-hybridized carbons (Fsp3) is 0.400. The topological polar surface area (TPSA) is 60.9 Å². The van der Waals surface area contributed by atoms with Crippen LogP contribution in [0.3, 0.4) is 0 Å². The van der Waals surface area contributed by atoms with Gasteiger partial charge in [0.05, 0.1) is 6.67 Å². The Labute approximate surface area is 135 Å². The van der Waals surface area contributed by atoms with Crippen molar-refractivity contribution < 1.29 is 27.6 Å². The first-order valence-corrected chi connectivity index (χ1v) is 7.29. The molecule has 2 aliphatic rings. The van der Waals surface area contributed by atoms with E-state index in [1.165, 1.54) is 0 Å². The fourth-order valence-electron chi connectivity index (χ4n) is 2.87. The first-order chi connectivity index (χ1) is 11.3. The van der Waals surface area contributed by atoms with E-state index in [1.54, 1.807) is 4.90 Å². The number of alkyl halides is 3. The predicted molar refractivity (Wildman–Crippen MR) is 75.4 cm³/mol. The summed E-state index contributed by atoms with van der Waals surface area (Å²) in [6.45, 7) is -0.954. The first-order valence-electron chi connectivity index (χ1n) is 7.29. The molecule has 1 aromatic rings. The molecule has 1 aromatic carbocycles. The number of urea groups is 1. The molecule has 2 aliphatic heterocycles. The molecule has 0 aliphatic carbocycles. The van der Waals surface area contributed by atoms with Crippen LogP contribution in [-0.4, -0.2) is 58.5 Å². The van der Waals surface area contributed by atoms with Gasteiger partial charge in [0, 0.05) is 13.1 Å². The number of carbonyl (C=O) groups excluding carboxylic acids is 3. The van der Waals surface area contributed by atoms with Crippen molar-refractivity contribution in [1.29, 1.82) is 0 Å². The number of imide groups is 2. The highest BCUT2D eigenvalue weighted by molar-refractivity contribution is 6.44. The SMILES string of the molecule is O=C1C(=O)N(CC(F)(F)F)C(=O)N1CN1CCc2ccccc2C1. The zero-order valence-electron chi connectivity index (χ0n) is 12.5. The molecule has 0 spiro atoms. The van der Waals surface area contributed by atoms with Crippen LogP contribution in [0.25, 0.3) is 0 Å². The average Bonchev–Trinajstić information content (AvgIpc) is 2.71. The second kappa shape index (κ2) is 5.90. The van der Waals surface area contributed by atoms with Gasteiger partial charge in [-0.1, -0.05) is 24.3 Å². The smallest absolute Gasteiger partial charge is 0.281 e. The molecule has 4 amide bonds. The van der Waals surface area contributed by atoms with Crippen LogP contribution in [0.15, 0.2) is 24.3 Å². The van der Waals surface area contributed by atoms with Crippen molar-refractivity contribution in [2.75, 3.05) is 19.8 Å². The summed E-state index contributed by atoms with van der Waals surface area (Å²) in [5.41, 5.74) is 2.18. The first kappa shape index (κ1) is 16.4. The van der Waals surface area contributed by atoms with Crippen molar-refractivity contribution in [3.05, 3.63) is 35.4 Å². The van der Waals surface area contributed by atoms with E-state index in [0.717, 1.165) is 11.1 Å². The Bertz CT molecular complexity index is 705. The Morgan fingerprint density at radius 2 is 1.58 bits per heavy atom. The summed E-state index contributed by atoms with van der Waals surface area (Å²) in [6, 6.07) is 6.45. The molecule has 0 saturated carbocycles. The van der Waals surface area contributed by atoms with E-state index in [2.05, 4.69) is 0 Å². The molecule has 6 nitrogen and oxygen atoms in total. The molecule has 0 bridgehead atoms. The molecule has 3 rings (SSSR count). The minimum Gasteiger partial charge on any atom is -0.281 e. The van der Waals surface area contributed by atoms with Crippen molar-refractivity contribution >= 4 is 17.8 Å². The molecule has 0 unspecified atom stereocenters. The summed E-state index contributed by atoms with van der Waals surface area (Å²) >= 11 is 0. The Balaban J connectivity index is 1.71. The van der Waals surface area contributed by atoms with Crippen LogP contribution in [0.2, 0.25) is 0 Å². The zero-order valence-corrected chi connectivity index (χ0v) is 12.5. The average molecular weight is 341 g/mol. The molecule has 1 saturated heterocycles. The number of nitrogens with zero attached hydrogens (tertiary/aromatic N) is 3. The zero-order chi connectivity index (χ0) is 17.5. The number of hydrogen-bond donors (Lipinski definition) is 0. The third-order valence-electron chi connectivity index (χ3n) is 4.02. The summed E-state index contributed by atoms with van der Waals surface area (Å²) in [6.07, 6.45) is -4.04. The van der Waals surface area contributed by atoms with Gasteiger partial charge in [0.2, 0.25) is 0 Å². The van der Waals surface area contributed by atoms with Gasteiger partial charge in [0.1, 0.15) is 6.54 Å². The van der Waals surface area contributed by atoms with E-state index in [9.17, 15) is 27.6 Å². The van der Waals surface area contributed by atoms with E-state index in [4.69, 9.17) is 0 Å². The van der Waals surface area contributed by atoms with Gasteiger partial charge >= 0.3 is 24.0 Å². The number of rotatable bonds is 3. The van der Waals surface area contributed by atoms with Gasteiger partial charge in [-0.3, -0.25) is 14.5 Å². The number of amides is 4. The number of halogens is 3. The number of fused-ring (bicyclic) bond motifs is 1. The van der Waals surface area contributed by atoms with Crippen LogP contribution in [0.4, 0.5) is 18.0 Å². The van der Waals surface area contributed by atoms with Crippen LogP contribution >= 0.6 is 0 Å². The highest BCUT2D eigenvalue weighted by Crippen LogP contribution is 2.23. The highest BCUT2D eigenvalue weighted by Gasteiger charge is 2.49. The van der Waals surface area contributed by atoms with Gasteiger partial charge in [0.15, 0.2) is 0 Å². The maximum absolute atomic E-state index is 12.4. The second-order valence-corrected chi connectivity index (χ2v) is 5.73. The summed E-state index contributed by atoms with van der Waals surface area (Å²) in [4.78, 5) is 37.8. The molecule has 1 fully saturated rings. The van der Waals surface area contributed by atoms with Gasteiger partial charge in [-0.2, -0.15) is 13.2 Å². The van der Waals surface area contributed by atoms with E-state index >= 15 is 0 Å². The second-order valence-electron chi connectivity index (χ2n) is 5.73. The van der Waals surface area contributed by atoms with E-state index in [1.807, 2.05) is 24.3 Å². The van der Waals surface area contributed by atoms with Gasteiger partial charge in [0.25, 0.3) is 0 Å². The van der Waals surface area contributed by atoms with Gasteiger partial charge < -0.3 is 0 Å². The minimum absolute atomic E-state index is 0.0553. The van der Waals surface area contributed by atoms with Crippen molar-refractivity contribution in [1.82, 2.24) is 14.7 Å². The monoisotopic (exact) mass is 341 g/mol. The maximum atomic E-state index is 12.4. The number of carbonyl (C=O) groups is 3. The van der Waals surface area contributed by atoms with Crippen molar-refractivity contribution in [2.24, 2.45) is 0 Å². The van der Waals surface area contributed by atoms with E-state index < -0.39 is 30.6 Å². The molecule has 128 valence electrons. The lowest BCUT2D eigenvalue weighted by Crippen LogP contribution is -2.45. The molecule has 2 heterocycles. The van der Waals surface area contributed by atoms with E-state index in [0.29, 0.717) is 24.4 Å². The van der Waals surface area contributed by atoms with E-state index in [-0.39, 0.29) is 11.6 Å². The molecule has 24 heavy (non-hydrogen) atoms. The standard InChI is InChI=1S/C15H14F3N3O3/c16-15(17,18)8-20-12(22)13(23)21(14(20)24)9-19-6-5-10-3-1-2-4-11(10)7-19/h1-4H,5-9H2. The summed E-state index contributed by atoms with van der Waals surface area (Å²) < 4.78 is 37.3. The Kier molecular flexibility index (Phi) is 4.04. The number of hydrogen-bond acceptors (Lipinski definition) is 4. The summed E-state index contributed by atoms with van der Waals surface area (Å²) in [5, 5.41) is 0. The van der Waals surface area contributed by atoms with Crippen molar-refractivity contribution in [3.8, 4) is 0 Å².